The summed E-state index contributed by atoms with van der Waals surface area (Å²) in [4.78, 5) is 12.0. The smallest absolute Gasteiger partial charge is 0.322 e. The van der Waals surface area contributed by atoms with Crippen LogP contribution in [0.3, 0.4) is 0 Å². The molecule has 1 N–H and O–H groups in total. The van der Waals surface area contributed by atoms with Crippen LogP contribution in [0.4, 0.5) is 10.4 Å². The minimum Gasteiger partial charge on any atom is -0.459 e. The molecule has 0 aliphatic heterocycles. The Labute approximate surface area is 122 Å². The molecule has 8 heteroatoms. The molecule has 0 saturated carbocycles. The van der Waals surface area contributed by atoms with E-state index in [9.17, 15) is 9.18 Å². The van der Waals surface area contributed by atoms with Gasteiger partial charge >= 0.3 is 6.01 Å². The maximum Gasteiger partial charge on any atom is 0.322 e. The van der Waals surface area contributed by atoms with Crippen molar-refractivity contribution in [2.75, 3.05) is 5.32 Å². The lowest BCUT2D eigenvalue weighted by atomic mass is 10.2. The van der Waals surface area contributed by atoms with Crippen molar-refractivity contribution in [2.24, 2.45) is 0 Å². The highest BCUT2D eigenvalue weighted by Gasteiger charge is 2.16. The van der Waals surface area contributed by atoms with Gasteiger partial charge in [-0.2, -0.15) is 0 Å². The number of carbonyl (C=O) groups is 1. The summed E-state index contributed by atoms with van der Waals surface area (Å²) in [6, 6.07) is 6.61. The third-order valence-corrected chi connectivity index (χ3v) is 2.87. The van der Waals surface area contributed by atoms with Gasteiger partial charge in [0, 0.05) is 0 Å². The Kier molecular flexibility index (Phi) is 3.41. The Morgan fingerprint density at radius 3 is 2.86 bits per heavy atom. The first kappa shape index (κ1) is 13.3. The number of anilines is 1. The zero-order valence-corrected chi connectivity index (χ0v) is 11.1. The number of rotatable bonds is 3. The predicted molar refractivity (Wildman–Crippen MR) is 71.4 cm³/mol. The summed E-state index contributed by atoms with van der Waals surface area (Å²) >= 11 is 5.79. The van der Waals surface area contributed by atoms with Gasteiger partial charge in [-0.3, -0.25) is 10.1 Å². The lowest BCUT2D eigenvalue weighted by Gasteiger charge is -2.02. The van der Waals surface area contributed by atoms with E-state index in [0.717, 1.165) is 12.1 Å². The van der Waals surface area contributed by atoms with Crippen LogP contribution in [-0.2, 0) is 0 Å². The maximum atomic E-state index is 12.9. The Balaban J connectivity index is 1.79. The molecule has 0 atom stereocenters. The van der Waals surface area contributed by atoms with Gasteiger partial charge < -0.3 is 8.83 Å². The average molecular weight is 308 g/mol. The van der Waals surface area contributed by atoms with E-state index in [1.54, 1.807) is 12.1 Å². The highest BCUT2D eigenvalue weighted by atomic mass is 35.5. The fraction of sp³-hybridized carbons (Fsp3) is 0. The van der Waals surface area contributed by atoms with Crippen LogP contribution in [0.1, 0.15) is 10.4 Å². The normalized spacial score (nSPS) is 10.6. The van der Waals surface area contributed by atoms with E-state index >= 15 is 0 Å². The van der Waals surface area contributed by atoms with Gasteiger partial charge in [0.1, 0.15) is 5.82 Å². The van der Waals surface area contributed by atoms with Crippen molar-refractivity contribution in [1.82, 2.24) is 10.2 Å². The van der Waals surface area contributed by atoms with Crippen LogP contribution in [0.25, 0.3) is 11.7 Å². The number of aromatic nitrogens is 2. The molecule has 0 saturated heterocycles. The molecule has 2 heterocycles. The molecule has 6 nitrogen and oxygen atoms in total. The molecule has 21 heavy (non-hydrogen) atoms. The molecule has 0 aliphatic rings. The standard InChI is InChI=1S/C13H7ClFN3O3/c14-9-6-7(15)3-4-8(9)11(19)16-13-18-17-12(21-13)10-2-1-5-20-10/h1-6H,(H,16,18,19). The van der Waals surface area contributed by atoms with E-state index in [-0.39, 0.29) is 22.5 Å². The number of carbonyl (C=O) groups excluding carboxylic acids is 1. The molecule has 0 spiro atoms. The average Bonchev–Trinajstić information content (AvgIpc) is 3.08. The van der Waals surface area contributed by atoms with Crippen molar-refractivity contribution in [3.05, 3.63) is 53.0 Å². The molecule has 0 aliphatic carbocycles. The highest BCUT2D eigenvalue weighted by molar-refractivity contribution is 6.34. The number of benzene rings is 1. The van der Waals surface area contributed by atoms with E-state index < -0.39 is 11.7 Å². The fourth-order valence-corrected chi connectivity index (χ4v) is 1.86. The SMILES string of the molecule is O=C(Nc1nnc(-c2ccco2)o1)c1ccc(F)cc1Cl. The van der Waals surface area contributed by atoms with Crippen molar-refractivity contribution in [2.45, 2.75) is 0 Å². The fourth-order valence-electron chi connectivity index (χ4n) is 1.61. The van der Waals surface area contributed by atoms with Gasteiger partial charge in [0.05, 0.1) is 16.8 Å². The largest absolute Gasteiger partial charge is 0.459 e. The minimum atomic E-state index is -0.588. The third-order valence-electron chi connectivity index (χ3n) is 2.55. The summed E-state index contributed by atoms with van der Waals surface area (Å²) in [5.74, 6) is -0.618. The van der Waals surface area contributed by atoms with Gasteiger partial charge in [0.25, 0.3) is 11.8 Å². The van der Waals surface area contributed by atoms with Crippen molar-refractivity contribution >= 4 is 23.5 Å². The summed E-state index contributed by atoms with van der Waals surface area (Å²) in [6.07, 6.45) is 1.45. The van der Waals surface area contributed by atoms with Crippen LogP contribution in [0.2, 0.25) is 5.02 Å². The molecule has 2 aromatic heterocycles. The Morgan fingerprint density at radius 2 is 2.14 bits per heavy atom. The second-order valence-electron chi connectivity index (χ2n) is 3.97. The summed E-state index contributed by atoms with van der Waals surface area (Å²) in [5.41, 5.74) is 0.0933. The molecule has 0 bridgehead atoms. The first-order valence-corrected chi connectivity index (χ1v) is 6.15. The lowest BCUT2D eigenvalue weighted by Crippen LogP contribution is -2.12. The summed E-state index contributed by atoms with van der Waals surface area (Å²) < 4.78 is 23.2. The first-order valence-electron chi connectivity index (χ1n) is 5.77. The number of hydrogen-bond donors (Lipinski definition) is 1. The van der Waals surface area contributed by atoms with Gasteiger partial charge in [-0.15, -0.1) is 5.10 Å². The maximum absolute atomic E-state index is 12.9. The monoisotopic (exact) mass is 307 g/mol. The molecule has 1 amide bonds. The number of amides is 1. The second-order valence-corrected chi connectivity index (χ2v) is 4.38. The van der Waals surface area contributed by atoms with Crippen LogP contribution >= 0.6 is 11.6 Å². The zero-order valence-electron chi connectivity index (χ0n) is 10.3. The molecular formula is C13H7ClFN3O3. The molecular weight excluding hydrogens is 301 g/mol. The molecule has 0 unspecified atom stereocenters. The second kappa shape index (κ2) is 5.37. The summed E-state index contributed by atoms with van der Waals surface area (Å²) in [6.45, 7) is 0. The van der Waals surface area contributed by atoms with Gasteiger partial charge in [-0.25, -0.2) is 4.39 Å². The van der Waals surface area contributed by atoms with Gasteiger partial charge in [0.15, 0.2) is 5.76 Å². The van der Waals surface area contributed by atoms with Crippen LogP contribution < -0.4 is 5.32 Å². The topological polar surface area (TPSA) is 81.2 Å². The van der Waals surface area contributed by atoms with E-state index in [1.807, 2.05) is 0 Å². The van der Waals surface area contributed by atoms with E-state index in [0.29, 0.717) is 5.76 Å². The van der Waals surface area contributed by atoms with Gasteiger partial charge in [0.2, 0.25) is 0 Å². The lowest BCUT2D eigenvalue weighted by molar-refractivity contribution is 0.102. The molecule has 0 radical (unpaired) electrons. The van der Waals surface area contributed by atoms with Crippen LogP contribution in [0, 0.1) is 5.82 Å². The Morgan fingerprint density at radius 1 is 1.29 bits per heavy atom. The van der Waals surface area contributed by atoms with Gasteiger partial charge in [-0.1, -0.05) is 16.7 Å². The molecule has 106 valence electrons. The van der Waals surface area contributed by atoms with E-state index in [2.05, 4.69) is 15.5 Å². The van der Waals surface area contributed by atoms with Gasteiger partial charge in [-0.05, 0) is 30.3 Å². The number of furan rings is 1. The third kappa shape index (κ3) is 2.77. The van der Waals surface area contributed by atoms with E-state index in [1.165, 1.54) is 12.3 Å². The predicted octanol–water partition coefficient (Wildman–Crippen LogP) is 3.37. The minimum absolute atomic E-state index is 0.0155. The van der Waals surface area contributed by atoms with Crippen LogP contribution in [0.5, 0.6) is 0 Å². The number of halogens is 2. The molecule has 3 aromatic rings. The summed E-state index contributed by atoms with van der Waals surface area (Å²) in [5, 5.41) is 9.74. The van der Waals surface area contributed by atoms with Crippen molar-refractivity contribution in [3.8, 4) is 11.7 Å². The molecule has 3 rings (SSSR count). The summed E-state index contributed by atoms with van der Waals surface area (Å²) in [7, 11) is 0. The first-order chi connectivity index (χ1) is 10.1. The number of nitrogens with zero attached hydrogens (tertiary/aromatic N) is 2. The van der Waals surface area contributed by atoms with Crippen molar-refractivity contribution < 1.29 is 18.0 Å². The van der Waals surface area contributed by atoms with Crippen LogP contribution in [0.15, 0.2) is 45.4 Å². The quantitative estimate of drug-likeness (QED) is 0.802. The highest BCUT2D eigenvalue weighted by Crippen LogP contribution is 2.22. The van der Waals surface area contributed by atoms with Crippen molar-refractivity contribution in [1.29, 1.82) is 0 Å². The molecule has 1 aromatic carbocycles. The van der Waals surface area contributed by atoms with Crippen LogP contribution in [-0.4, -0.2) is 16.1 Å². The number of hydrogen-bond acceptors (Lipinski definition) is 5. The number of nitrogens with one attached hydrogen (secondary N) is 1. The Bertz CT molecular complexity index is 786. The molecule has 0 fully saturated rings. The van der Waals surface area contributed by atoms with E-state index in [4.69, 9.17) is 20.4 Å². The Hall–Kier alpha value is -2.67. The van der Waals surface area contributed by atoms with Crippen molar-refractivity contribution in [3.63, 3.8) is 0 Å². The zero-order chi connectivity index (χ0) is 14.8.